The molecule has 2 aromatic rings. The molecule has 0 aliphatic rings. The average Bonchev–Trinajstić information content (AvgIpc) is 2.76. The first kappa shape index (κ1) is 26.3. The lowest BCUT2D eigenvalue weighted by atomic mass is 9.99. The fraction of sp³-hybridized carbons (Fsp3) is 0.238. The summed E-state index contributed by atoms with van der Waals surface area (Å²) < 4.78 is 13.2. The molecule has 0 aromatic heterocycles. The van der Waals surface area contributed by atoms with Gasteiger partial charge in [0.05, 0.1) is 10.6 Å². The van der Waals surface area contributed by atoms with Crippen molar-refractivity contribution in [3.8, 4) is 5.75 Å². The van der Waals surface area contributed by atoms with Gasteiger partial charge in [-0.2, -0.15) is 0 Å². The number of ether oxygens (including phenoxy) is 2. The SMILES string of the molecule is CO[C@@H](CC/C=C/C(=O)NO)[C@@H](OC(=O)Nc1ccc(Br)cc1)c1cc(Br)cc(Br)c1O. The number of phenols is 1. The smallest absolute Gasteiger partial charge is 0.412 e. The zero-order valence-corrected chi connectivity index (χ0v) is 21.6. The van der Waals surface area contributed by atoms with Gasteiger partial charge < -0.3 is 14.6 Å². The van der Waals surface area contributed by atoms with E-state index in [2.05, 4.69) is 53.1 Å². The fourth-order valence-electron chi connectivity index (χ4n) is 2.82. The maximum atomic E-state index is 12.6. The molecular weight excluding hydrogens is 616 g/mol. The van der Waals surface area contributed by atoms with Crippen molar-refractivity contribution in [2.45, 2.75) is 25.0 Å². The first-order valence-corrected chi connectivity index (χ1v) is 11.7. The van der Waals surface area contributed by atoms with Crippen LogP contribution in [0.5, 0.6) is 5.75 Å². The molecule has 0 aliphatic carbocycles. The van der Waals surface area contributed by atoms with Crippen LogP contribution in [0.25, 0.3) is 0 Å². The minimum Gasteiger partial charge on any atom is -0.506 e. The van der Waals surface area contributed by atoms with Crippen molar-refractivity contribution in [3.63, 3.8) is 0 Å². The number of carbonyl (C=O) groups is 2. The van der Waals surface area contributed by atoms with Gasteiger partial charge in [0.25, 0.3) is 5.91 Å². The predicted molar refractivity (Wildman–Crippen MR) is 130 cm³/mol. The van der Waals surface area contributed by atoms with Crippen LogP contribution in [-0.4, -0.2) is 35.5 Å². The molecule has 2 aromatic carbocycles. The second-order valence-electron chi connectivity index (χ2n) is 6.51. The molecule has 0 heterocycles. The molecule has 0 spiro atoms. The number of benzene rings is 2. The minimum absolute atomic E-state index is 0.0908. The molecule has 4 N–H and O–H groups in total. The van der Waals surface area contributed by atoms with Gasteiger partial charge in [0.2, 0.25) is 0 Å². The van der Waals surface area contributed by atoms with E-state index in [9.17, 15) is 14.7 Å². The molecule has 0 saturated heterocycles. The summed E-state index contributed by atoms with van der Waals surface area (Å²) in [6, 6.07) is 10.3. The molecule has 0 radical (unpaired) electrons. The van der Waals surface area contributed by atoms with Crippen LogP contribution < -0.4 is 10.8 Å². The Labute approximate surface area is 210 Å². The zero-order chi connectivity index (χ0) is 23.7. The number of rotatable bonds is 9. The molecule has 2 amide bonds. The van der Waals surface area contributed by atoms with Gasteiger partial charge in [-0.15, -0.1) is 0 Å². The Morgan fingerprint density at radius 1 is 1.12 bits per heavy atom. The lowest BCUT2D eigenvalue weighted by molar-refractivity contribution is -0.124. The van der Waals surface area contributed by atoms with Crippen molar-refractivity contribution in [3.05, 3.63) is 67.5 Å². The highest BCUT2D eigenvalue weighted by Gasteiger charge is 2.30. The molecule has 0 fully saturated rings. The minimum atomic E-state index is -0.968. The molecule has 0 aliphatic heterocycles. The van der Waals surface area contributed by atoms with Gasteiger partial charge in [0.1, 0.15) is 5.75 Å². The number of aromatic hydroxyl groups is 1. The lowest BCUT2D eigenvalue weighted by Gasteiger charge is -2.27. The van der Waals surface area contributed by atoms with Crippen LogP contribution in [0.4, 0.5) is 10.5 Å². The molecule has 172 valence electrons. The van der Waals surface area contributed by atoms with Crippen molar-refractivity contribution in [2.24, 2.45) is 0 Å². The second kappa shape index (κ2) is 12.9. The van der Waals surface area contributed by atoms with Gasteiger partial charge in [-0.05, 0) is 65.2 Å². The van der Waals surface area contributed by atoms with Crippen molar-refractivity contribution in [2.75, 3.05) is 12.4 Å². The highest BCUT2D eigenvalue weighted by Crippen LogP contribution is 2.39. The van der Waals surface area contributed by atoms with Crippen molar-refractivity contribution < 1.29 is 29.4 Å². The van der Waals surface area contributed by atoms with E-state index in [0.29, 0.717) is 33.0 Å². The van der Waals surface area contributed by atoms with Gasteiger partial charge in [0.15, 0.2) is 6.10 Å². The van der Waals surface area contributed by atoms with Crippen LogP contribution in [0.15, 0.2) is 62.0 Å². The molecule has 0 unspecified atom stereocenters. The van der Waals surface area contributed by atoms with E-state index >= 15 is 0 Å². The lowest BCUT2D eigenvalue weighted by Crippen LogP contribution is -2.28. The summed E-state index contributed by atoms with van der Waals surface area (Å²) in [5, 5.41) is 21.8. The Bertz CT molecular complexity index is 969. The number of methoxy groups -OCH3 is 1. The number of hydrogen-bond acceptors (Lipinski definition) is 6. The van der Waals surface area contributed by atoms with Gasteiger partial charge in [-0.1, -0.05) is 37.9 Å². The number of phenolic OH excluding ortho intramolecular Hbond substituents is 1. The van der Waals surface area contributed by atoms with Crippen LogP contribution in [0.2, 0.25) is 0 Å². The van der Waals surface area contributed by atoms with Crippen LogP contribution >= 0.6 is 47.8 Å². The summed E-state index contributed by atoms with van der Waals surface area (Å²) in [4.78, 5) is 23.8. The number of carbonyl (C=O) groups excluding carboxylic acids is 2. The summed E-state index contributed by atoms with van der Waals surface area (Å²) >= 11 is 10.0. The first-order valence-electron chi connectivity index (χ1n) is 9.29. The van der Waals surface area contributed by atoms with Crippen molar-refractivity contribution in [1.82, 2.24) is 5.48 Å². The normalized spacial score (nSPS) is 12.9. The van der Waals surface area contributed by atoms with Crippen molar-refractivity contribution in [1.29, 1.82) is 0 Å². The monoisotopic (exact) mass is 634 g/mol. The number of anilines is 1. The van der Waals surface area contributed by atoms with E-state index in [-0.39, 0.29) is 5.75 Å². The van der Waals surface area contributed by atoms with Gasteiger partial charge in [-0.25, -0.2) is 10.3 Å². The molecule has 2 atom stereocenters. The Balaban J connectivity index is 2.27. The van der Waals surface area contributed by atoms with E-state index in [1.165, 1.54) is 18.7 Å². The van der Waals surface area contributed by atoms with Gasteiger partial charge in [0, 0.05) is 33.4 Å². The first-order chi connectivity index (χ1) is 15.2. The largest absolute Gasteiger partial charge is 0.506 e. The van der Waals surface area contributed by atoms with E-state index in [0.717, 1.165) is 4.47 Å². The quantitative estimate of drug-likeness (QED) is 0.156. The van der Waals surface area contributed by atoms with E-state index in [4.69, 9.17) is 14.7 Å². The molecule has 11 heteroatoms. The maximum absolute atomic E-state index is 12.6. The molecule has 0 bridgehead atoms. The number of nitrogens with one attached hydrogen (secondary N) is 2. The summed E-state index contributed by atoms with van der Waals surface area (Å²) in [5.74, 6) is -0.749. The van der Waals surface area contributed by atoms with Crippen LogP contribution in [0.3, 0.4) is 0 Å². The molecule has 0 saturated carbocycles. The number of allylic oxidation sites excluding steroid dienone is 1. The molecule has 8 nitrogen and oxygen atoms in total. The topological polar surface area (TPSA) is 117 Å². The summed E-state index contributed by atoms with van der Waals surface area (Å²) in [6.45, 7) is 0. The second-order valence-corrected chi connectivity index (χ2v) is 9.20. The van der Waals surface area contributed by atoms with Gasteiger partial charge in [-0.3, -0.25) is 15.3 Å². The maximum Gasteiger partial charge on any atom is 0.412 e. The van der Waals surface area contributed by atoms with Crippen molar-refractivity contribution >= 4 is 65.5 Å². The Morgan fingerprint density at radius 3 is 2.44 bits per heavy atom. The highest BCUT2D eigenvalue weighted by molar-refractivity contribution is 9.11. The number of amides is 2. The Kier molecular flexibility index (Phi) is 10.7. The number of hydrogen-bond donors (Lipinski definition) is 4. The third-order valence-corrected chi connectivity index (χ3v) is 5.92. The highest BCUT2D eigenvalue weighted by atomic mass is 79.9. The summed E-state index contributed by atoms with van der Waals surface area (Å²) in [7, 11) is 1.46. The third-order valence-electron chi connectivity index (χ3n) is 4.33. The number of hydroxylamine groups is 1. The zero-order valence-electron chi connectivity index (χ0n) is 16.8. The standard InChI is InChI=1S/C21H21Br3N2O6/c1-31-17(4-2-3-5-18(27)26-30)20(15-10-13(23)11-16(24)19(15)28)32-21(29)25-14-8-6-12(22)7-9-14/h3,5-11,17,20,28,30H,2,4H2,1H3,(H,25,29)(H,26,27)/b5-3+/t17-,20-/m0/s1. The molecular formula is C21H21Br3N2O6. The Morgan fingerprint density at radius 2 is 1.81 bits per heavy atom. The molecule has 32 heavy (non-hydrogen) atoms. The van der Waals surface area contributed by atoms with Crippen LogP contribution in [0, 0.1) is 0 Å². The fourth-order valence-corrected chi connectivity index (χ4v) is 4.34. The average molecular weight is 637 g/mol. The molecule has 2 rings (SSSR count). The number of halogens is 3. The summed E-state index contributed by atoms with van der Waals surface area (Å²) in [5.41, 5.74) is 2.37. The van der Waals surface area contributed by atoms with E-state index < -0.39 is 24.2 Å². The van der Waals surface area contributed by atoms with E-state index in [1.54, 1.807) is 42.5 Å². The van der Waals surface area contributed by atoms with Gasteiger partial charge >= 0.3 is 6.09 Å². The van der Waals surface area contributed by atoms with Crippen LogP contribution in [-0.2, 0) is 14.3 Å². The van der Waals surface area contributed by atoms with E-state index in [1.807, 2.05) is 0 Å². The summed E-state index contributed by atoms with van der Waals surface area (Å²) in [6.07, 6.45) is 1.11. The van der Waals surface area contributed by atoms with Crippen LogP contribution in [0.1, 0.15) is 24.5 Å². The third kappa shape index (κ3) is 7.89. The Hall–Kier alpha value is -1.92. The predicted octanol–water partition coefficient (Wildman–Crippen LogP) is 5.83.